The minimum Gasteiger partial charge on any atom is -0.377 e. The molecule has 5 nitrogen and oxygen atoms in total. The van der Waals surface area contributed by atoms with Crippen LogP contribution in [0.1, 0.15) is 24.2 Å². The van der Waals surface area contributed by atoms with E-state index in [9.17, 15) is 4.39 Å². The van der Waals surface area contributed by atoms with E-state index in [1.54, 1.807) is 12.3 Å². The highest BCUT2D eigenvalue weighted by Gasteiger charge is 2.20. The predicted molar refractivity (Wildman–Crippen MR) is 93.4 cm³/mol. The van der Waals surface area contributed by atoms with Crippen molar-refractivity contribution in [3.63, 3.8) is 0 Å². The molecule has 1 fully saturated rings. The molecule has 3 heterocycles. The van der Waals surface area contributed by atoms with Gasteiger partial charge in [0.1, 0.15) is 11.3 Å². The van der Waals surface area contributed by atoms with Crippen molar-refractivity contribution in [3.8, 4) is 0 Å². The van der Waals surface area contributed by atoms with E-state index >= 15 is 0 Å². The van der Waals surface area contributed by atoms with E-state index in [0.717, 1.165) is 49.4 Å². The molecular formula is C19H21FN4O. The Labute approximate surface area is 145 Å². The van der Waals surface area contributed by atoms with Gasteiger partial charge in [-0.2, -0.15) is 0 Å². The van der Waals surface area contributed by atoms with Crippen LogP contribution in [0, 0.1) is 5.82 Å². The summed E-state index contributed by atoms with van der Waals surface area (Å²) >= 11 is 0. The molecule has 1 saturated heterocycles. The van der Waals surface area contributed by atoms with Crippen molar-refractivity contribution in [2.24, 2.45) is 0 Å². The maximum Gasteiger partial charge on any atom is 0.151 e. The lowest BCUT2D eigenvalue weighted by atomic mass is 10.2. The SMILES string of the molecule is Fc1cccc2[nH]c(CN(Cc3cccnc3)CC3CCCO3)nc12. The van der Waals surface area contributed by atoms with Crippen LogP contribution in [-0.4, -0.2) is 39.1 Å². The lowest BCUT2D eigenvalue weighted by Crippen LogP contribution is -2.31. The lowest BCUT2D eigenvalue weighted by Gasteiger charge is -2.24. The van der Waals surface area contributed by atoms with Crippen molar-refractivity contribution in [1.82, 2.24) is 19.9 Å². The van der Waals surface area contributed by atoms with Crippen LogP contribution in [0.25, 0.3) is 11.0 Å². The Morgan fingerprint density at radius 2 is 2.20 bits per heavy atom. The Kier molecular flexibility index (Phi) is 4.72. The summed E-state index contributed by atoms with van der Waals surface area (Å²) in [5.74, 6) is 0.472. The van der Waals surface area contributed by atoms with E-state index in [1.165, 1.54) is 6.07 Å². The Balaban J connectivity index is 1.54. The summed E-state index contributed by atoms with van der Waals surface area (Å²) in [6.07, 6.45) is 6.09. The van der Waals surface area contributed by atoms with Crippen LogP contribution in [0.4, 0.5) is 4.39 Å². The van der Waals surface area contributed by atoms with Gasteiger partial charge in [-0.15, -0.1) is 0 Å². The van der Waals surface area contributed by atoms with Crippen LogP contribution in [0.15, 0.2) is 42.7 Å². The molecule has 0 radical (unpaired) electrons. The molecule has 6 heteroatoms. The van der Waals surface area contributed by atoms with Crippen molar-refractivity contribution < 1.29 is 9.13 Å². The van der Waals surface area contributed by atoms with E-state index in [0.29, 0.717) is 12.1 Å². The van der Waals surface area contributed by atoms with Gasteiger partial charge < -0.3 is 9.72 Å². The molecule has 1 N–H and O–H groups in total. The van der Waals surface area contributed by atoms with Crippen molar-refractivity contribution in [3.05, 3.63) is 59.9 Å². The highest BCUT2D eigenvalue weighted by atomic mass is 19.1. The third kappa shape index (κ3) is 3.86. The average Bonchev–Trinajstić information content (AvgIpc) is 3.26. The average molecular weight is 340 g/mol. The van der Waals surface area contributed by atoms with Crippen LogP contribution in [0.5, 0.6) is 0 Å². The van der Waals surface area contributed by atoms with Gasteiger partial charge in [0.05, 0.1) is 18.2 Å². The Morgan fingerprint density at radius 3 is 2.96 bits per heavy atom. The summed E-state index contributed by atoms with van der Waals surface area (Å²) in [5, 5.41) is 0. The normalized spacial score (nSPS) is 17.6. The number of nitrogens with zero attached hydrogens (tertiary/aromatic N) is 3. The molecular weight excluding hydrogens is 319 g/mol. The fourth-order valence-corrected chi connectivity index (χ4v) is 3.35. The summed E-state index contributed by atoms with van der Waals surface area (Å²) in [7, 11) is 0. The van der Waals surface area contributed by atoms with Gasteiger partial charge in [0, 0.05) is 32.1 Å². The number of aromatic amines is 1. The summed E-state index contributed by atoms with van der Waals surface area (Å²) in [6.45, 7) is 3.03. The van der Waals surface area contributed by atoms with E-state index < -0.39 is 0 Å². The number of pyridine rings is 1. The standard InChI is InChI=1S/C19H21FN4O/c20-16-6-1-7-17-19(16)23-18(22-17)13-24(12-15-5-3-9-25-15)11-14-4-2-8-21-10-14/h1-2,4,6-8,10,15H,3,5,9,11-13H2,(H,22,23). The molecule has 0 saturated carbocycles. The van der Waals surface area contributed by atoms with Crippen LogP contribution in [0.3, 0.4) is 0 Å². The number of rotatable bonds is 6. The zero-order valence-corrected chi connectivity index (χ0v) is 14.0. The summed E-state index contributed by atoms with van der Waals surface area (Å²) in [5.41, 5.74) is 2.27. The highest BCUT2D eigenvalue weighted by molar-refractivity contribution is 5.75. The first-order valence-electron chi connectivity index (χ1n) is 8.64. The molecule has 0 aliphatic carbocycles. The van der Waals surface area contributed by atoms with Crippen LogP contribution < -0.4 is 0 Å². The second-order valence-electron chi connectivity index (χ2n) is 6.49. The van der Waals surface area contributed by atoms with Gasteiger partial charge in [-0.3, -0.25) is 9.88 Å². The maximum absolute atomic E-state index is 13.9. The van der Waals surface area contributed by atoms with Gasteiger partial charge >= 0.3 is 0 Å². The Morgan fingerprint density at radius 1 is 1.24 bits per heavy atom. The molecule has 0 amide bonds. The third-order valence-corrected chi connectivity index (χ3v) is 4.50. The summed E-state index contributed by atoms with van der Waals surface area (Å²) in [4.78, 5) is 14.1. The maximum atomic E-state index is 13.9. The van der Waals surface area contributed by atoms with Crippen molar-refractivity contribution >= 4 is 11.0 Å². The fourth-order valence-electron chi connectivity index (χ4n) is 3.35. The number of nitrogens with one attached hydrogen (secondary N) is 1. The molecule has 0 spiro atoms. The number of imidazole rings is 1. The first kappa shape index (κ1) is 16.2. The van der Waals surface area contributed by atoms with E-state index in [-0.39, 0.29) is 11.9 Å². The zero-order valence-electron chi connectivity index (χ0n) is 14.0. The van der Waals surface area contributed by atoms with Crippen LogP contribution >= 0.6 is 0 Å². The molecule has 1 aliphatic rings. The molecule has 1 aliphatic heterocycles. The Hall–Kier alpha value is -2.31. The van der Waals surface area contributed by atoms with Gasteiger partial charge in [0.25, 0.3) is 0 Å². The van der Waals surface area contributed by atoms with E-state index in [1.807, 2.05) is 18.3 Å². The minimum absolute atomic E-state index is 0.248. The molecule has 4 rings (SSSR count). The number of aromatic nitrogens is 3. The number of hydrogen-bond donors (Lipinski definition) is 1. The van der Waals surface area contributed by atoms with Crippen molar-refractivity contribution in [1.29, 1.82) is 0 Å². The topological polar surface area (TPSA) is 54.0 Å². The monoisotopic (exact) mass is 340 g/mol. The number of ether oxygens (including phenoxy) is 1. The number of fused-ring (bicyclic) bond motifs is 1. The van der Waals surface area contributed by atoms with E-state index in [2.05, 4.69) is 25.9 Å². The minimum atomic E-state index is -0.294. The van der Waals surface area contributed by atoms with Gasteiger partial charge in [-0.05, 0) is 36.6 Å². The van der Waals surface area contributed by atoms with Crippen LogP contribution in [-0.2, 0) is 17.8 Å². The quantitative estimate of drug-likeness (QED) is 0.748. The van der Waals surface area contributed by atoms with Crippen LogP contribution in [0.2, 0.25) is 0 Å². The molecule has 1 aromatic carbocycles. The second-order valence-corrected chi connectivity index (χ2v) is 6.49. The predicted octanol–water partition coefficient (Wildman–Crippen LogP) is 3.28. The first-order chi connectivity index (χ1) is 12.3. The molecule has 2 aromatic heterocycles. The fraction of sp³-hybridized carbons (Fsp3) is 0.368. The number of benzene rings is 1. The van der Waals surface area contributed by atoms with Crippen molar-refractivity contribution in [2.45, 2.75) is 32.0 Å². The smallest absolute Gasteiger partial charge is 0.151 e. The lowest BCUT2D eigenvalue weighted by molar-refractivity contribution is 0.0671. The molecule has 1 unspecified atom stereocenters. The highest BCUT2D eigenvalue weighted by Crippen LogP contribution is 2.19. The second kappa shape index (κ2) is 7.29. The third-order valence-electron chi connectivity index (χ3n) is 4.50. The number of para-hydroxylation sites is 1. The summed E-state index contributed by atoms with van der Waals surface area (Å²) < 4.78 is 19.7. The van der Waals surface area contributed by atoms with E-state index in [4.69, 9.17) is 4.74 Å². The molecule has 25 heavy (non-hydrogen) atoms. The van der Waals surface area contributed by atoms with Gasteiger partial charge in [-0.25, -0.2) is 9.37 Å². The molecule has 3 aromatic rings. The van der Waals surface area contributed by atoms with Gasteiger partial charge in [0.2, 0.25) is 0 Å². The molecule has 0 bridgehead atoms. The first-order valence-corrected chi connectivity index (χ1v) is 8.64. The summed E-state index contributed by atoms with van der Waals surface area (Å²) in [6, 6.07) is 8.98. The molecule has 130 valence electrons. The van der Waals surface area contributed by atoms with Gasteiger partial charge in [0.15, 0.2) is 5.82 Å². The van der Waals surface area contributed by atoms with Gasteiger partial charge in [-0.1, -0.05) is 12.1 Å². The largest absolute Gasteiger partial charge is 0.377 e. The number of H-pyrrole nitrogens is 1. The Bertz CT molecular complexity index is 830. The zero-order chi connectivity index (χ0) is 17.1. The number of hydrogen-bond acceptors (Lipinski definition) is 4. The van der Waals surface area contributed by atoms with Crippen molar-refractivity contribution in [2.75, 3.05) is 13.2 Å². The number of halogens is 1. The molecule has 1 atom stereocenters.